The largest absolute Gasteiger partial charge is 0.296 e. The average Bonchev–Trinajstić information content (AvgIpc) is 3.09. The number of aryl methyl sites for hydroxylation is 1. The highest BCUT2D eigenvalue weighted by molar-refractivity contribution is 7.17. The quantitative estimate of drug-likeness (QED) is 0.800. The molecule has 0 radical (unpaired) electrons. The molecule has 3 heterocycles. The van der Waals surface area contributed by atoms with E-state index in [4.69, 9.17) is 0 Å². The van der Waals surface area contributed by atoms with Crippen LogP contribution in [0.2, 0.25) is 0 Å². The van der Waals surface area contributed by atoms with Gasteiger partial charge in [-0.25, -0.2) is 4.98 Å². The Morgan fingerprint density at radius 3 is 2.85 bits per heavy atom. The third-order valence-corrected chi connectivity index (χ3v) is 4.40. The Labute approximate surface area is 124 Å². The maximum atomic E-state index is 12.0. The summed E-state index contributed by atoms with van der Waals surface area (Å²) < 4.78 is 0. The number of anilines is 1. The van der Waals surface area contributed by atoms with Crippen molar-refractivity contribution in [1.29, 1.82) is 0 Å². The van der Waals surface area contributed by atoms with Crippen LogP contribution < -0.4 is 5.32 Å². The molecule has 6 heteroatoms. The predicted molar refractivity (Wildman–Crippen MR) is 82.4 cm³/mol. The van der Waals surface area contributed by atoms with Crippen molar-refractivity contribution in [2.24, 2.45) is 0 Å². The van der Waals surface area contributed by atoms with Crippen LogP contribution >= 0.6 is 22.7 Å². The van der Waals surface area contributed by atoms with Gasteiger partial charge in [-0.2, -0.15) is 0 Å². The summed E-state index contributed by atoms with van der Waals surface area (Å²) in [4.78, 5) is 22.7. The highest BCUT2D eigenvalue weighted by Gasteiger charge is 2.11. The summed E-state index contributed by atoms with van der Waals surface area (Å²) in [5.74, 6) is -0.242. The molecule has 0 saturated heterocycles. The normalized spacial score (nSPS) is 10.4. The molecule has 4 nitrogen and oxygen atoms in total. The van der Waals surface area contributed by atoms with E-state index < -0.39 is 0 Å². The number of nitrogens with one attached hydrogen (secondary N) is 1. The molecule has 20 heavy (non-hydrogen) atoms. The molecule has 0 atom stereocenters. The molecule has 0 aliphatic carbocycles. The Hall–Kier alpha value is -2.05. The molecule has 0 bridgehead atoms. The van der Waals surface area contributed by atoms with Crippen LogP contribution in [0.1, 0.15) is 15.4 Å². The SMILES string of the molecule is Cc1ccc(-c2csc(NC(=O)c3ccccn3)n2)s1. The summed E-state index contributed by atoms with van der Waals surface area (Å²) >= 11 is 3.10. The lowest BCUT2D eigenvalue weighted by Crippen LogP contribution is -2.13. The molecule has 1 amide bonds. The van der Waals surface area contributed by atoms with Gasteiger partial charge in [0.1, 0.15) is 5.69 Å². The number of hydrogen-bond acceptors (Lipinski definition) is 5. The molecule has 3 rings (SSSR count). The van der Waals surface area contributed by atoms with Crippen LogP contribution in [-0.2, 0) is 0 Å². The molecule has 0 aromatic carbocycles. The lowest BCUT2D eigenvalue weighted by atomic mass is 10.3. The number of nitrogens with zero attached hydrogens (tertiary/aromatic N) is 2. The van der Waals surface area contributed by atoms with Gasteiger partial charge in [0.25, 0.3) is 5.91 Å². The zero-order valence-electron chi connectivity index (χ0n) is 10.7. The zero-order valence-corrected chi connectivity index (χ0v) is 12.3. The lowest BCUT2D eigenvalue weighted by Gasteiger charge is -1.99. The summed E-state index contributed by atoms with van der Waals surface area (Å²) in [6.07, 6.45) is 1.59. The predicted octanol–water partition coefficient (Wildman–Crippen LogP) is 3.83. The number of amides is 1. The summed E-state index contributed by atoms with van der Waals surface area (Å²) in [5.41, 5.74) is 1.28. The molecule has 0 unspecified atom stereocenters. The Bertz CT molecular complexity index is 734. The highest BCUT2D eigenvalue weighted by Crippen LogP contribution is 2.30. The van der Waals surface area contributed by atoms with Crippen LogP contribution in [-0.4, -0.2) is 15.9 Å². The van der Waals surface area contributed by atoms with E-state index in [0.29, 0.717) is 10.8 Å². The maximum Gasteiger partial charge on any atom is 0.276 e. The minimum atomic E-state index is -0.242. The molecule has 0 spiro atoms. The molecule has 0 saturated carbocycles. The van der Waals surface area contributed by atoms with Gasteiger partial charge in [-0.1, -0.05) is 6.07 Å². The van der Waals surface area contributed by atoms with E-state index in [1.54, 1.807) is 35.7 Å². The highest BCUT2D eigenvalue weighted by atomic mass is 32.1. The second-order valence-corrected chi connectivity index (χ2v) is 6.26. The van der Waals surface area contributed by atoms with E-state index >= 15 is 0 Å². The van der Waals surface area contributed by atoms with Gasteiger partial charge >= 0.3 is 0 Å². The Morgan fingerprint density at radius 1 is 1.25 bits per heavy atom. The first kappa shape index (κ1) is 13.0. The van der Waals surface area contributed by atoms with Gasteiger partial charge in [0, 0.05) is 16.5 Å². The van der Waals surface area contributed by atoms with Crippen molar-refractivity contribution >= 4 is 33.7 Å². The van der Waals surface area contributed by atoms with Crippen LogP contribution in [0.15, 0.2) is 41.9 Å². The van der Waals surface area contributed by atoms with E-state index in [9.17, 15) is 4.79 Å². The number of carbonyl (C=O) groups is 1. The minimum absolute atomic E-state index is 0.242. The van der Waals surface area contributed by atoms with E-state index in [1.165, 1.54) is 16.2 Å². The summed E-state index contributed by atoms with van der Waals surface area (Å²) in [7, 11) is 0. The summed E-state index contributed by atoms with van der Waals surface area (Å²) in [5, 5.41) is 5.29. The number of rotatable bonds is 3. The number of thiophene rings is 1. The first-order chi connectivity index (χ1) is 9.72. The molecular weight excluding hydrogens is 290 g/mol. The van der Waals surface area contributed by atoms with Crippen molar-refractivity contribution in [2.45, 2.75) is 6.92 Å². The van der Waals surface area contributed by atoms with Crippen molar-refractivity contribution in [3.05, 3.63) is 52.5 Å². The fraction of sp³-hybridized carbons (Fsp3) is 0.0714. The van der Waals surface area contributed by atoms with Crippen molar-refractivity contribution in [2.75, 3.05) is 5.32 Å². The summed E-state index contributed by atoms with van der Waals surface area (Å²) in [6.45, 7) is 2.06. The number of thiazole rings is 1. The second kappa shape index (κ2) is 5.52. The van der Waals surface area contributed by atoms with Gasteiger partial charge in [-0.15, -0.1) is 22.7 Å². The molecule has 1 N–H and O–H groups in total. The number of aromatic nitrogens is 2. The first-order valence-corrected chi connectivity index (χ1v) is 7.67. The van der Waals surface area contributed by atoms with Gasteiger partial charge in [0.15, 0.2) is 5.13 Å². The van der Waals surface area contributed by atoms with Gasteiger partial charge in [-0.3, -0.25) is 15.1 Å². The second-order valence-electron chi connectivity index (χ2n) is 4.12. The lowest BCUT2D eigenvalue weighted by molar-refractivity contribution is 0.102. The van der Waals surface area contributed by atoms with E-state index in [2.05, 4.69) is 28.3 Å². The molecule has 3 aromatic heterocycles. The zero-order chi connectivity index (χ0) is 13.9. The van der Waals surface area contributed by atoms with Crippen molar-refractivity contribution < 1.29 is 4.79 Å². The minimum Gasteiger partial charge on any atom is -0.296 e. The first-order valence-electron chi connectivity index (χ1n) is 5.97. The standard InChI is InChI=1S/C14H11N3OS2/c1-9-5-6-12(20-9)11-8-19-14(16-11)17-13(18)10-4-2-3-7-15-10/h2-8H,1H3,(H,16,17,18). The number of carbonyl (C=O) groups excluding carboxylic acids is 1. The monoisotopic (exact) mass is 301 g/mol. The van der Waals surface area contributed by atoms with E-state index in [-0.39, 0.29) is 5.91 Å². The van der Waals surface area contributed by atoms with Gasteiger partial charge in [-0.05, 0) is 31.2 Å². The topological polar surface area (TPSA) is 54.9 Å². The van der Waals surface area contributed by atoms with Crippen LogP contribution in [0.5, 0.6) is 0 Å². The molecule has 0 aliphatic rings. The van der Waals surface area contributed by atoms with Gasteiger partial charge in [0.2, 0.25) is 0 Å². The fourth-order valence-corrected chi connectivity index (χ4v) is 3.28. The van der Waals surface area contributed by atoms with E-state index in [1.807, 2.05) is 11.4 Å². The van der Waals surface area contributed by atoms with Crippen molar-refractivity contribution in [3.63, 3.8) is 0 Å². The molecular formula is C14H11N3OS2. The van der Waals surface area contributed by atoms with E-state index in [0.717, 1.165) is 10.6 Å². The average molecular weight is 301 g/mol. The Balaban J connectivity index is 1.76. The maximum absolute atomic E-state index is 12.0. The molecule has 3 aromatic rings. The van der Waals surface area contributed by atoms with Crippen LogP contribution in [0.3, 0.4) is 0 Å². The van der Waals surface area contributed by atoms with Gasteiger partial charge in [0.05, 0.1) is 10.6 Å². The molecule has 0 aliphatic heterocycles. The van der Waals surface area contributed by atoms with Gasteiger partial charge < -0.3 is 0 Å². The third-order valence-electron chi connectivity index (χ3n) is 2.61. The number of pyridine rings is 1. The summed E-state index contributed by atoms with van der Waals surface area (Å²) in [6, 6.07) is 9.33. The smallest absolute Gasteiger partial charge is 0.276 e. The Kier molecular flexibility index (Phi) is 3.58. The Morgan fingerprint density at radius 2 is 2.15 bits per heavy atom. The molecule has 100 valence electrons. The van der Waals surface area contributed by atoms with Crippen LogP contribution in [0.25, 0.3) is 10.6 Å². The number of hydrogen-bond donors (Lipinski definition) is 1. The van der Waals surface area contributed by atoms with Crippen molar-refractivity contribution in [3.8, 4) is 10.6 Å². The third kappa shape index (κ3) is 2.76. The van der Waals surface area contributed by atoms with Crippen LogP contribution in [0, 0.1) is 6.92 Å². The molecule has 0 fully saturated rings. The fourth-order valence-electron chi connectivity index (χ4n) is 1.67. The van der Waals surface area contributed by atoms with Crippen molar-refractivity contribution in [1.82, 2.24) is 9.97 Å². The van der Waals surface area contributed by atoms with Crippen LogP contribution in [0.4, 0.5) is 5.13 Å².